The van der Waals surface area contributed by atoms with Gasteiger partial charge in [0, 0.05) is 0 Å². The number of methoxy groups -OCH3 is 1. The maximum Gasteiger partial charge on any atom is 0.326 e. The van der Waals surface area contributed by atoms with Crippen LogP contribution in [-0.4, -0.2) is 25.2 Å². The Bertz CT molecular complexity index is 232. The summed E-state index contributed by atoms with van der Waals surface area (Å²) in [6.07, 6.45) is 7.77. The van der Waals surface area contributed by atoms with Crippen LogP contribution >= 0.6 is 0 Å². The molecule has 0 spiro atoms. The van der Waals surface area contributed by atoms with Crippen LogP contribution in [0.4, 0.5) is 0 Å². The Balaban J connectivity index is 2.58. The molecule has 1 N–H and O–H groups in total. The van der Waals surface area contributed by atoms with Crippen molar-refractivity contribution in [3.8, 4) is 0 Å². The molecule has 3 heteroatoms. The standard InChI is InChI=1S/C14H27NO2/c1-4-6-12-7-9-14(10-8-12,13(16)17-3)15-11-5-2/h12,15H,4-11H2,1-3H3. The van der Waals surface area contributed by atoms with Crippen LogP contribution in [0.2, 0.25) is 0 Å². The van der Waals surface area contributed by atoms with Gasteiger partial charge in [0.2, 0.25) is 0 Å². The van der Waals surface area contributed by atoms with Gasteiger partial charge in [0.15, 0.2) is 0 Å². The first-order valence-electron chi connectivity index (χ1n) is 7.02. The van der Waals surface area contributed by atoms with E-state index in [1.54, 1.807) is 0 Å². The van der Waals surface area contributed by atoms with E-state index in [2.05, 4.69) is 19.2 Å². The minimum atomic E-state index is -0.394. The van der Waals surface area contributed by atoms with Crippen LogP contribution in [0.15, 0.2) is 0 Å². The highest BCUT2D eigenvalue weighted by Crippen LogP contribution is 2.35. The third kappa shape index (κ3) is 3.70. The lowest BCUT2D eigenvalue weighted by molar-refractivity contribution is -0.150. The summed E-state index contributed by atoms with van der Waals surface area (Å²) >= 11 is 0. The van der Waals surface area contributed by atoms with E-state index in [4.69, 9.17) is 4.74 Å². The fraction of sp³-hybridized carbons (Fsp3) is 0.929. The molecule has 0 aromatic heterocycles. The first-order chi connectivity index (χ1) is 8.18. The number of hydrogen-bond acceptors (Lipinski definition) is 3. The predicted molar refractivity (Wildman–Crippen MR) is 69.9 cm³/mol. The van der Waals surface area contributed by atoms with Gasteiger partial charge < -0.3 is 10.1 Å². The highest BCUT2D eigenvalue weighted by atomic mass is 16.5. The third-order valence-corrected chi connectivity index (χ3v) is 3.95. The highest BCUT2D eigenvalue weighted by molar-refractivity contribution is 5.80. The van der Waals surface area contributed by atoms with E-state index in [1.807, 2.05) is 0 Å². The molecule has 0 radical (unpaired) electrons. The Labute approximate surface area is 105 Å². The zero-order chi connectivity index (χ0) is 12.7. The molecule has 1 rings (SSSR count). The van der Waals surface area contributed by atoms with Crippen molar-refractivity contribution in [3.63, 3.8) is 0 Å². The van der Waals surface area contributed by atoms with Crippen LogP contribution in [0.1, 0.15) is 58.8 Å². The molecule has 0 heterocycles. The number of carbonyl (C=O) groups excluding carboxylic acids is 1. The van der Waals surface area contributed by atoms with Crippen LogP contribution in [0.3, 0.4) is 0 Å². The molecule has 0 unspecified atom stereocenters. The molecule has 0 aromatic carbocycles. The van der Waals surface area contributed by atoms with E-state index >= 15 is 0 Å². The molecule has 0 aliphatic heterocycles. The first-order valence-corrected chi connectivity index (χ1v) is 7.02. The molecule has 0 aromatic rings. The second-order valence-electron chi connectivity index (χ2n) is 5.23. The van der Waals surface area contributed by atoms with Crippen molar-refractivity contribution < 1.29 is 9.53 Å². The molecule has 3 nitrogen and oxygen atoms in total. The molecule has 0 amide bonds. The van der Waals surface area contributed by atoms with Crippen LogP contribution in [0.25, 0.3) is 0 Å². The normalized spacial score (nSPS) is 29.0. The maximum atomic E-state index is 12.0. The number of ether oxygens (including phenoxy) is 1. The van der Waals surface area contributed by atoms with E-state index in [9.17, 15) is 4.79 Å². The van der Waals surface area contributed by atoms with Gasteiger partial charge in [0.1, 0.15) is 5.54 Å². The first kappa shape index (κ1) is 14.5. The summed E-state index contributed by atoms with van der Waals surface area (Å²) in [5.74, 6) is 0.738. The summed E-state index contributed by atoms with van der Waals surface area (Å²) in [5, 5.41) is 3.42. The van der Waals surface area contributed by atoms with Gasteiger partial charge in [-0.1, -0.05) is 26.7 Å². The van der Waals surface area contributed by atoms with E-state index < -0.39 is 5.54 Å². The van der Waals surface area contributed by atoms with Crippen molar-refractivity contribution in [1.29, 1.82) is 0 Å². The Hall–Kier alpha value is -0.570. The van der Waals surface area contributed by atoms with Crippen molar-refractivity contribution in [2.75, 3.05) is 13.7 Å². The zero-order valence-corrected chi connectivity index (χ0v) is 11.6. The van der Waals surface area contributed by atoms with Gasteiger partial charge in [-0.2, -0.15) is 0 Å². The Kier molecular flexibility index (Phi) is 5.96. The van der Waals surface area contributed by atoms with Crippen LogP contribution in [-0.2, 0) is 9.53 Å². The van der Waals surface area contributed by atoms with Gasteiger partial charge in [-0.05, 0) is 44.6 Å². The fourth-order valence-electron chi connectivity index (χ4n) is 2.88. The summed E-state index contributed by atoms with van der Waals surface area (Å²) in [6.45, 7) is 5.26. The van der Waals surface area contributed by atoms with Crippen molar-refractivity contribution >= 4 is 5.97 Å². The lowest BCUT2D eigenvalue weighted by Gasteiger charge is -2.38. The molecule has 1 aliphatic carbocycles. The van der Waals surface area contributed by atoms with Crippen molar-refractivity contribution in [3.05, 3.63) is 0 Å². The number of nitrogens with one attached hydrogen (secondary N) is 1. The quantitative estimate of drug-likeness (QED) is 0.727. The van der Waals surface area contributed by atoms with E-state index in [1.165, 1.54) is 20.0 Å². The van der Waals surface area contributed by atoms with Crippen LogP contribution in [0, 0.1) is 5.92 Å². The van der Waals surface area contributed by atoms with Crippen LogP contribution < -0.4 is 5.32 Å². The van der Waals surface area contributed by atoms with Gasteiger partial charge >= 0.3 is 5.97 Å². The average Bonchev–Trinajstić information content (AvgIpc) is 2.37. The summed E-state index contributed by atoms with van der Waals surface area (Å²) < 4.78 is 4.98. The van der Waals surface area contributed by atoms with Crippen molar-refractivity contribution in [1.82, 2.24) is 5.32 Å². The molecule has 0 saturated heterocycles. The monoisotopic (exact) mass is 241 g/mol. The van der Waals surface area contributed by atoms with E-state index in [0.717, 1.165) is 44.6 Å². The van der Waals surface area contributed by atoms with Gasteiger partial charge in [-0.15, -0.1) is 0 Å². The van der Waals surface area contributed by atoms with Gasteiger partial charge in [0.25, 0.3) is 0 Å². The molecular weight excluding hydrogens is 214 g/mol. The fourth-order valence-corrected chi connectivity index (χ4v) is 2.88. The van der Waals surface area contributed by atoms with E-state index in [-0.39, 0.29) is 5.97 Å². The summed E-state index contributed by atoms with van der Waals surface area (Å²) in [7, 11) is 1.50. The second-order valence-corrected chi connectivity index (χ2v) is 5.23. The smallest absolute Gasteiger partial charge is 0.326 e. The minimum Gasteiger partial charge on any atom is -0.468 e. The topological polar surface area (TPSA) is 38.3 Å². The van der Waals surface area contributed by atoms with Gasteiger partial charge in [-0.25, -0.2) is 0 Å². The highest BCUT2D eigenvalue weighted by Gasteiger charge is 2.41. The van der Waals surface area contributed by atoms with Crippen molar-refractivity contribution in [2.45, 2.75) is 64.3 Å². The number of carbonyl (C=O) groups is 1. The Morgan fingerprint density at radius 3 is 2.41 bits per heavy atom. The third-order valence-electron chi connectivity index (χ3n) is 3.95. The summed E-state index contributed by atoms with van der Waals surface area (Å²) in [5.41, 5.74) is -0.394. The molecule has 1 fully saturated rings. The number of hydrogen-bond donors (Lipinski definition) is 1. The molecule has 0 atom stereocenters. The summed E-state index contributed by atoms with van der Waals surface area (Å²) in [6, 6.07) is 0. The second kappa shape index (κ2) is 7.00. The Morgan fingerprint density at radius 1 is 1.29 bits per heavy atom. The molecular formula is C14H27NO2. The lowest BCUT2D eigenvalue weighted by Crippen LogP contribution is -2.55. The molecule has 1 saturated carbocycles. The number of rotatable bonds is 6. The molecule has 100 valence electrons. The molecule has 1 aliphatic rings. The van der Waals surface area contributed by atoms with E-state index in [0.29, 0.717) is 0 Å². The summed E-state index contributed by atoms with van der Waals surface area (Å²) in [4.78, 5) is 12.0. The maximum absolute atomic E-state index is 12.0. The molecule has 17 heavy (non-hydrogen) atoms. The number of esters is 1. The molecule has 0 bridgehead atoms. The largest absolute Gasteiger partial charge is 0.468 e. The Morgan fingerprint density at radius 2 is 1.94 bits per heavy atom. The van der Waals surface area contributed by atoms with Gasteiger partial charge in [-0.3, -0.25) is 4.79 Å². The lowest BCUT2D eigenvalue weighted by atomic mass is 9.75. The average molecular weight is 241 g/mol. The minimum absolute atomic E-state index is 0.0686. The van der Waals surface area contributed by atoms with Crippen LogP contribution in [0.5, 0.6) is 0 Å². The predicted octanol–water partition coefficient (Wildman–Crippen LogP) is 2.89. The van der Waals surface area contributed by atoms with Gasteiger partial charge in [0.05, 0.1) is 7.11 Å². The zero-order valence-electron chi connectivity index (χ0n) is 11.6. The van der Waals surface area contributed by atoms with Crippen molar-refractivity contribution in [2.24, 2.45) is 5.92 Å². The SMILES string of the molecule is CCCNC1(C(=O)OC)CCC(CCC)CC1.